The van der Waals surface area contributed by atoms with E-state index in [1.165, 1.54) is 6.33 Å². The summed E-state index contributed by atoms with van der Waals surface area (Å²) in [5.41, 5.74) is 2.15. The van der Waals surface area contributed by atoms with Gasteiger partial charge in [-0.1, -0.05) is 12.1 Å². The number of benzene rings is 1. The van der Waals surface area contributed by atoms with Crippen molar-refractivity contribution in [1.29, 1.82) is 0 Å². The molecule has 5 rings (SSSR count). The number of nitrogens with one attached hydrogen (secondary N) is 1. The predicted octanol–water partition coefficient (Wildman–Crippen LogP) is 4.87. The summed E-state index contributed by atoms with van der Waals surface area (Å²) in [4.78, 5) is 24.7. The minimum absolute atomic E-state index is 0.00249. The molecule has 7 heteroatoms. The van der Waals surface area contributed by atoms with Gasteiger partial charge in [0.2, 0.25) is 5.71 Å². The van der Waals surface area contributed by atoms with Crippen LogP contribution in [0.5, 0.6) is 5.75 Å². The molecular weight excluding hydrogens is 392 g/mol. The second kappa shape index (κ2) is 7.55. The van der Waals surface area contributed by atoms with Crippen molar-refractivity contribution in [3.8, 4) is 5.75 Å². The Bertz CT molecular complexity index is 1140. The van der Waals surface area contributed by atoms with Crippen molar-refractivity contribution in [3.05, 3.63) is 47.5 Å². The predicted molar refractivity (Wildman–Crippen MR) is 118 cm³/mol. The molecule has 0 spiro atoms. The summed E-state index contributed by atoms with van der Waals surface area (Å²) < 4.78 is 11.3. The van der Waals surface area contributed by atoms with Crippen LogP contribution >= 0.6 is 0 Å². The largest absolute Gasteiger partial charge is 0.497 e. The highest BCUT2D eigenvalue weighted by Crippen LogP contribution is 2.41. The van der Waals surface area contributed by atoms with Gasteiger partial charge in [0.25, 0.3) is 5.91 Å². The summed E-state index contributed by atoms with van der Waals surface area (Å²) in [6.07, 6.45) is 6.66. The molecule has 3 heterocycles. The Balaban J connectivity index is 1.56. The molecule has 1 aliphatic carbocycles. The molecule has 1 N–H and O–H groups in total. The normalized spacial score (nSPS) is 20.0. The zero-order valence-electron chi connectivity index (χ0n) is 18.3. The Labute approximate surface area is 181 Å². The molecule has 3 aromatic rings. The summed E-state index contributed by atoms with van der Waals surface area (Å²) in [5, 5.41) is 4.19. The highest BCUT2D eigenvalue weighted by Gasteiger charge is 2.39. The van der Waals surface area contributed by atoms with E-state index in [0.29, 0.717) is 34.8 Å². The number of rotatable bonds is 5. The Kier molecular flexibility index (Phi) is 4.84. The summed E-state index contributed by atoms with van der Waals surface area (Å²) in [6, 6.07) is 8.02. The Morgan fingerprint density at radius 2 is 2.13 bits per heavy atom. The van der Waals surface area contributed by atoms with Gasteiger partial charge in [0.05, 0.1) is 24.1 Å². The standard InChI is InChI=1S/C24H28N4O3/c1-15-19(20-21(27-24(2)10-11-24)25-14-26-22(20)31-15)23(29)28-12-5-4-9-18(28)16-7-6-8-17(13-16)30-3/h6-8,13-14,18H,4-5,9-12H2,1-3H3,(H,25,26,27). The zero-order chi connectivity index (χ0) is 21.6. The van der Waals surface area contributed by atoms with Crippen molar-refractivity contribution < 1.29 is 13.9 Å². The molecule has 1 saturated carbocycles. The summed E-state index contributed by atoms with van der Waals surface area (Å²) in [7, 11) is 1.67. The summed E-state index contributed by atoms with van der Waals surface area (Å²) in [5.74, 6) is 2.04. The lowest BCUT2D eigenvalue weighted by atomic mass is 9.94. The van der Waals surface area contributed by atoms with Crippen LogP contribution in [0.4, 0.5) is 5.82 Å². The molecule has 1 amide bonds. The Morgan fingerprint density at radius 3 is 2.90 bits per heavy atom. The average Bonchev–Trinajstić information content (AvgIpc) is 3.41. The Hall–Kier alpha value is -3.09. The lowest BCUT2D eigenvalue weighted by molar-refractivity contribution is 0.0611. The number of aryl methyl sites for hydroxylation is 1. The molecule has 1 atom stereocenters. The van der Waals surface area contributed by atoms with Crippen LogP contribution in [0.25, 0.3) is 11.1 Å². The van der Waals surface area contributed by atoms with Crippen LogP contribution in [-0.4, -0.2) is 40.0 Å². The van der Waals surface area contributed by atoms with Crippen molar-refractivity contribution in [2.24, 2.45) is 0 Å². The van der Waals surface area contributed by atoms with Crippen molar-refractivity contribution in [2.45, 2.75) is 57.5 Å². The number of methoxy groups -OCH3 is 1. The van der Waals surface area contributed by atoms with Crippen molar-refractivity contribution in [3.63, 3.8) is 0 Å². The second-order valence-corrected chi connectivity index (χ2v) is 8.91. The highest BCUT2D eigenvalue weighted by atomic mass is 16.5. The van der Waals surface area contributed by atoms with Gasteiger partial charge in [-0.3, -0.25) is 4.79 Å². The van der Waals surface area contributed by atoms with Crippen LogP contribution in [0, 0.1) is 6.92 Å². The van der Waals surface area contributed by atoms with E-state index in [1.807, 2.05) is 30.0 Å². The molecule has 1 aliphatic heterocycles. The first-order valence-electron chi connectivity index (χ1n) is 11.0. The minimum atomic E-state index is -0.0254. The molecule has 2 fully saturated rings. The molecule has 2 aromatic heterocycles. The number of hydrogen-bond acceptors (Lipinski definition) is 6. The lowest BCUT2D eigenvalue weighted by Crippen LogP contribution is -2.38. The molecule has 1 aromatic carbocycles. The average molecular weight is 421 g/mol. The number of amides is 1. The first kappa shape index (κ1) is 19.8. The first-order valence-corrected chi connectivity index (χ1v) is 11.0. The topological polar surface area (TPSA) is 80.5 Å². The maximum atomic E-state index is 13.9. The van der Waals surface area contributed by atoms with Crippen LogP contribution in [0.15, 0.2) is 35.0 Å². The van der Waals surface area contributed by atoms with E-state index in [9.17, 15) is 4.79 Å². The van der Waals surface area contributed by atoms with Crippen LogP contribution in [0.3, 0.4) is 0 Å². The number of aromatic nitrogens is 2. The second-order valence-electron chi connectivity index (χ2n) is 8.91. The molecule has 7 nitrogen and oxygen atoms in total. The molecule has 2 aliphatic rings. The van der Waals surface area contributed by atoms with Gasteiger partial charge in [-0.15, -0.1) is 0 Å². The number of piperidine rings is 1. The third kappa shape index (κ3) is 3.62. The summed E-state index contributed by atoms with van der Waals surface area (Å²) >= 11 is 0. The van der Waals surface area contributed by atoms with E-state index in [4.69, 9.17) is 9.15 Å². The van der Waals surface area contributed by atoms with Crippen molar-refractivity contribution in [1.82, 2.24) is 14.9 Å². The smallest absolute Gasteiger partial charge is 0.258 e. The third-order valence-corrected chi connectivity index (χ3v) is 6.54. The molecule has 1 unspecified atom stereocenters. The first-order chi connectivity index (χ1) is 15.0. The van der Waals surface area contributed by atoms with E-state index in [2.05, 4.69) is 28.3 Å². The number of furan rings is 1. The number of hydrogen-bond donors (Lipinski definition) is 1. The number of carbonyl (C=O) groups is 1. The van der Waals surface area contributed by atoms with E-state index >= 15 is 0 Å². The monoisotopic (exact) mass is 420 g/mol. The van der Waals surface area contributed by atoms with Gasteiger partial charge < -0.3 is 19.4 Å². The number of anilines is 1. The minimum Gasteiger partial charge on any atom is -0.497 e. The number of likely N-dealkylation sites (tertiary alicyclic amines) is 1. The fourth-order valence-electron chi connectivity index (χ4n) is 4.51. The molecule has 31 heavy (non-hydrogen) atoms. The molecule has 1 saturated heterocycles. The SMILES string of the molecule is COc1cccc(C2CCCCN2C(=O)c2c(C)oc3ncnc(NC4(C)CC4)c23)c1. The van der Waals surface area contributed by atoms with Crippen molar-refractivity contribution in [2.75, 3.05) is 19.0 Å². The van der Waals surface area contributed by atoms with Crippen LogP contribution in [0.2, 0.25) is 0 Å². The van der Waals surface area contributed by atoms with Crippen LogP contribution < -0.4 is 10.1 Å². The van der Waals surface area contributed by atoms with E-state index in [1.54, 1.807) is 7.11 Å². The molecule has 162 valence electrons. The number of fused-ring (bicyclic) bond motifs is 1. The Morgan fingerprint density at radius 1 is 1.29 bits per heavy atom. The van der Waals surface area contributed by atoms with Gasteiger partial charge in [0.1, 0.15) is 23.7 Å². The van der Waals surface area contributed by atoms with Crippen LogP contribution in [0.1, 0.15) is 66.8 Å². The maximum Gasteiger partial charge on any atom is 0.258 e. The number of carbonyl (C=O) groups excluding carboxylic acids is 1. The zero-order valence-corrected chi connectivity index (χ0v) is 18.3. The van der Waals surface area contributed by atoms with Crippen molar-refractivity contribution >= 4 is 22.8 Å². The number of ether oxygens (including phenoxy) is 1. The van der Waals surface area contributed by atoms with Gasteiger partial charge in [-0.2, -0.15) is 0 Å². The summed E-state index contributed by atoms with van der Waals surface area (Å²) in [6.45, 7) is 4.71. The van der Waals surface area contributed by atoms with E-state index in [-0.39, 0.29) is 17.5 Å². The number of nitrogens with zero attached hydrogens (tertiary/aromatic N) is 3. The van der Waals surface area contributed by atoms with Gasteiger partial charge in [-0.05, 0) is 63.6 Å². The quantitative estimate of drug-likeness (QED) is 0.634. The fraction of sp³-hybridized carbons (Fsp3) is 0.458. The molecule has 0 radical (unpaired) electrons. The molecule has 0 bridgehead atoms. The lowest BCUT2D eigenvalue weighted by Gasteiger charge is -2.36. The van der Waals surface area contributed by atoms with Gasteiger partial charge >= 0.3 is 0 Å². The third-order valence-electron chi connectivity index (χ3n) is 6.54. The van der Waals surface area contributed by atoms with Gasteiger partial charge in [0, 0.05) is 12.1 Å². The van der Waals surface area contributed by atoms with E-state index in [0.717, 1.165) is 43.4 Å². The van der Waals surface area contributed by atoms with Gasteiger partial charge in [0.15, 0.2) is 0 Å². The molecular formula is C24H28N4O3. The highest BCUT2D eigenvalue weighted by molar-refractivity contribution is 6.10. The maximum absolute atomic E-state index is 13.9. The van der Waals surface area contributed by atoms with Crippen LogP contribution in [-0.2, 0) is 0 Å². The van der Waals surface area contributed by atoms with E-state index < -0.39 is 0 Å². The van der Waals surface area contributed by atoms with Gasteiger partial charge in [-0.25, -0.2) is 9.97 Å². The fourth-order valence-corrected chi connectivity index (χ4v) is 4.51.